The van der Waals surface area contributed by atoms with Gasteiger partial charge in [0, 0.05) is 5.38 Å². The van der Waals surface area contributed by atoms with Gasteiger partial charge >= 0.3 is 5.97 Å². The molecule has 0 unspecified atom stereocenters. The molecule has 1 rings (SSSR count). The highest BCUT2D eigenvalue weighted by atomic mass is 32.1. The number of unbranched alkanes of at least 4 members (excludes halogenated alkanes) is 6. The highest BCUT2D eigenvalue weighted by Crippen LogP contribution is 2.07. The SMILES string of the molecule is CCCCCCCCC=COC(=O)CS.c1csnn1. The molecule has 0 atom stereocenters. The van der Waals surface area contributed by atoms with Gasteiger partial charge in [-0.15, -0.1) is 5.10 Å². The van der Waals surface area contributed by atoms with Crippen LogP contribution in [0.2, 0.25) is 0 Å². The van der Waals surface area contributed by atoms with Gasteiger partial charge in [-0.1, -0.05) is 43.5 Å². The molecule has 0 aliphatic heterocycles. The van der Waals surface area contributed by atoms with E-state index in [9.17, 15) is 4.79 Å². The first-order valence-electron chi connectivity index (χ1n) is 6.97. The minimum atomic E-state index is -0.294. The minimum Gasteiger partial charge on any atom is -0.434 e. The van der Waals surface area contributed by atoms with Gasteiger partial charge in [0.15, 0.2) is 0 Å². The molecule has 0 bridgehead atoms. The number of carbonyl (C=O) groups excluding carboxylic acids is 1. The molecule has 0 amide bonds. The van der Waals surface area contributed by atoms with Crippen LogP contribution in [0, 0.1) is 0 Å². The number of allylic oxidation sites excluding steroid dienone is 1. The topological polar surface area (TPSA) is 52.1 Å². The Bertz CT molecular complexity index is 313. The Morgan fingerprint density at radius 3 is 2.60 bits per heavy atom. The molecular formula is C14H24N2O2S2. The monoisotopic (exact) mass is 316 g/mol. The molecule has 1 heterocycles. The normalized spacial score (nSPS) is 10.1. The highest BCUT2D eigenvalue weighted by molar-refractivity contribution is 7.81. The summed E-state index contributed by atoms with van der Waals surface area (Å²) in [7, 11) is 0. The van der Waals surface area contributed by atoms with Crippen LogP contribution in [0.15, 0.2) is 23.9 Å². The van der Waals surface area contributed by atoms with Crippen molar-refractivity contribution in [3.63, 3.8) is 0 Å². The van der Waals surface area contributed by atoms with Crippen LogP contribution in [0.3, 0.4) is 0 Å². The van der Waals surface area contributed by atoms with Gasteiger partial charge in [0.25, 0.3) is 0 Å². The summed E-state index contributed by atoms with van der Waals surface area (Å²) in [5, 5.41) is 5.31. The van der Waals surface area contributed by atoms with Gasteiger partial charge in [0.1, 0.15) is 0 Å². The van der Waals surface area contributed by atoms with E-state index in [1.54, 1.807) is 6.20 Å². The summed E-state index contributed by atoms with van der Waals surface area (Å²) in [4.78, 5) is 10.7. The third-order valence-electron chi connectivity index (χ3n) is 2.43. The second-order valence-corrected chi connectivity index (χ2v) is 5.13. The van der Waals surface area contributed by atoms with Crippen molar-refractivity contribution in [3.8, 4) is 0 Å². The first-order chi connectivity index (χ1) is 9.81. The van der Waals surface area contributed by atoms with Crippen molar-refractivity contribution < 1.29 is 9.53 Å². The Morgan fingerprint density at radius 1 is 1.30 bits per heavy atom. The van der Waals surface area contributed by atoms with Crippen LogP contribution >= 0.6 is 24.2 Å². The molecule has 0 radical (unpaired) electrons. The fourth-order valence-electron chi connectivity index (χ4n) is 1.41. The predicted octanol–water partition coefficient (Wildman–Crippen LogP) is 4.26. The van der Waals surface area contributed by atoms with Gasteiger partial charge in [-0.2, -0.15) is 12.6 Å². The smallest absolute Gasteiger partial charge is 0.320 e. The van der Waals surface area contributed by atoms with Gasteiger partial charge in [0.2, 0.25) is 0 Å². The molecule has 6 heteroatoms. The summed E-state index contributed by atoms with van der Waals surface area (Å²) in [6, 6.07) is 0. The van der Waals surface area contributed by atoms with Crippen molar-refractivity contribution >= 4 is 30.1 Å². The average Bonchev–Trinajstić information content (AvgIpc) is 3.04. The maximum Gasteiger partial charge on any atom is 0.320 e. The molecule has 0 saturated heterocycles. The van der Waals surface area contributed by atoms with Crippen molar-refractivity contribution in [2.24, 2.45) is 0 Å². The van der Waals surface area contributed by atoms with E-state index in [2.05, 4.69) is 29.1 Å². The van der Waals surface area contributed by atoms with Crippen LogP contribution in [0.4, 0.5) is 0 Å². The molecule has 0 aliphatic carbocycles. The van der Waals surface area contributed by atoms with E-state index in [4.69, 9.17) is 4.74 Å². The Kier molecular flexibility index (Phi) is 15.5. The molecule has 0 aliphatic rings. The maximum atomic E-state index is 10.7. The van der Waals surface area contributed by atoms with Crippen LogP contribution in [-0.2, 0) is 9.53 Å². The zero-order valence-electron chi connectivity index (χ0n) is 12.0. The van der Waals surface area contributed by atoms with E-state index in [0.29, 0.717) is 0 Å². The van der Waals surface area contributed by atoms with Crippen molar-refractivity contribution in [3.05, 3.63) is 23.9 Å². The van der Waals surface area contributed by atoms with Crippen molar-refractivity contribution in [1.82, 2.24) is 9.59 Å². The second-order valence-electron chi connectivity index (χ2n) is 4.16. The fraction of sp³-hybridized carbons (Fsp3) is 0.643. The van der Waals surface area contributed by atoms with Crippen LogP contribution < -0.4 is 0 Å². The molecule has 0 aromatic carbocycles. The lowest BCUT2D eigenvalue weighted by Crippen LogP contribution is -1.99. The molecule has 0 fully saturated rings. The van der Waals surface area contributed by atoms with E-state index in [1.807, 2.05) is 11.5 Å². The third kappa shape index (κ3) is 15.2. The molecule has 114 valence electrons. The van der Waals surface area contributed by atoms with Crippen LogP contribution in [-0.4, -0.2) is 21.3 Å². The molecule has 20 heavy (non-hydrogen) atoms. The fourth-order valence-corrected chi connectivity index (χ4v) is 1.75. The Morgan fingerprint density at radius 2 is 2.05 bits per heavy atom. The van der Waals surface area contributed by atoms with Crippen molar-refractivity contribution in [1.29, 1.82) is 0 Å². The van der Waals surface area contributed by atoms with E-state index in [0.717, 1.165) is 6.42 Å². The number of aromatic nitrogens is 2. The van der Waals surface area contributed by atoms with Crippen LogP contribution in [0.5, 0.6) is 0 Å². The molecule has 0 N–H and O–H groups in total. The summed E-state index contributed by atoms with van der Waals surface area (Å²) < 4.78 is 8.25. The Hall–Kier alpha value is -0.880. The van der Waals surface area contributed by atoms with Gasteiger partial charge < -0.3 is 4.74 Å². The number of hydrogen-bond donors (Lipinski definition) is 1. The maximum absolute atomic E-state index is 10.7. The summed E-state index contributed by atoms with van der Waals surface area (Å²) >= 11 is 5.15. The van der Waals surface area contributed by atoms with Gasteiger partial charge in [-0.3, -0.25) is 4.79 Å². The minimum absolute atomic E-state index is 0.140. The largest absolute Gasteiger partial charge is 0.434 e. The summed E-state index contributed by atoms with van der Waals surface area (Å²) in [5.41, 5.74) is 0. The zero-order valence-corrected chi connectivity index (χ0v) is 13.7. The number of carbonyl (C=O) groups is 1. The van der Waals surface area contributed by atoms with Gasteiger partial charge in [-0.05, 0) is 30.5 Å². The van der Waals surface area contributed by atoms with E-state index in [-0.39, 0.29) is 11.7 Å². The summed E-state index contributed by atoms with van der Waals surface area (Å²) in [6.45, 7) is 2.22. The number of hydrogen-bond acceptors (Lipinski definition) is 6. The van der Waals surface area contributed by atoms with Crippen LogP contribution in [0.1, 0.15) is 51.9 Å². The Balaban J connectivity index is 0.000000595. The van der Waals surface area contributed by atoms with Crippen molar-refractivity contribution in [2.45, 2.75) is 51.9 Å². The molecule has 0 saturated carbocycles. The lowest BCUT2D eigenvalue weighted by molar-refractivity contribution is -0.134. The Labute approximate surface area is 131 Å². The number of rotatable bonds is 9. The number of esters is 1. The highest BCUT2D eigenvalue weighted by Gasteiger charge is 1.93. The predicted molar refractivity (Wildman–Crippen MR) is 87.0 cm³/mol. The van der Waals surface area contributed by atoms with Gasteiger partial charge in [0.05, 0.1) is 18.2 Å². The van der Waals surface area contributed by atoms with Crippen LogP contribution in [0.25, 0.3) is 0 Å². The lowest BCUT2D eigenvalue weighted by Gasteiger charge is -1.97. The molecule has 0 spiro atoms. The molecule has 1 aromatic rings. The number of ether oxygens (including phenoxy) is 1. The second kappa shape index (κ2) is 16.2. The standard InChI is InChI=1S/C12H22O2S.C2H2N2S/c1-2-3-4-5-6-7-8-9-10-14-12(13)11-15;1-2-5-4-3-1/h9-10,15H,2-8,11H2,1H3;1-2H. The van der Waals surface area contributed by atoms with E-state index < -0.39 is 0 Å². The van der Waals surface area contributed by atoms with Gasteiger partial charge in [-0.25, -0.2) is 0 Å². The first kappa shape index (κ1) is 19.1. The third-order valence-corrected chi connectivity index (χ3v) is 3.12. The average molecular weight is 316 g/mol. The first-order valence-corrected chi connectivity index (χ1v) is 8.44. The number of nitrogens with zero attached hydrogens (tertiary/aromatic N) is 2. The summed E-state index contributed by atoms with van der Waals surface area (Å²) in [5.74, 6) is -0.154. The quantitative estimate of drug-likeness (QED) is 0.320. The zero-order chi connectivity index (χ0) is 14.9. The van der Waals surface area contributed by atoms with E-state index >= 15 is 0 Å². The van der Waals surface area contributed by atoms with E-state index in [1.165, 1.54) is 56.3 Å². The summed E-state index contributed by atoms with van der Waals surface area (Å²) in [6.07, 6.45) is 13.8. The number of thiol groups is 1. The lowest BCUT2D eigenvalue weighted by atomic mass is 10.1. The molecule has 4 nitrogen and oxygen atoms in total. The molecule has 1 aromatic heterocycles. The van der Waals surface area contributed by atoms with Crippen molar-refractivity contribution in [2.75, 3.05) is 5.75 Å². The molecular weight excluding hydrogens is 292 g/mol.